The van der Waals surface area contributed by atoms with E-state index in [4.69, 9.17) is 21.6 Å². The lowest BCUT2D eigenvalue weighted by Gasteiger charge is -2.32. The van der Waals surface area contributed by atoms with Crippen LogP contribution in [0.3, 0.4) is 0 Å². The number of hydrogen-bond acceptors (Lipinski definition) is 5. The summed E-state index contributed by atoms with van der Waals surface area (Å²) in [7, 11) is 0. The van der Waals surface area contributed by atoms with Crippen LogP contribution in [0.1, 0.15) is 24.0 Å². The number of hydrogen-bond donors (Lipinski definition) is 0. The number of rotatable bonds is 4. The van der Waals surface area contributed by atoms with Crippen LogP contribution >= 0.6 is 23.1 Å². The Kier molecular flexibility index (Phi) is 4.94. The third-order valence-corrected chi connectivity index (χ3v) is 5.08. The van der Waals surface area contributed by atoms with Gasteiger partial charge in [-0.1, -0.05) is 41.9 Å². The van der Waals surface area contributed by atoms with E-state index in [1.807, 2.05) is 18.2 Å². The standard InChI is InChI=1S/C16H16ClN3OS/c17-15-14(10-18)16(22-19-15)20-8-6-13(7-9-20)21-11-12-4-2-1-3-5-12/h1-5,13H,6-9,11H2. The number of benzene rings is 1. The average molecular weight is 334 g/mol. The summed E-state index contributed by atoms with van der Waals surface area (Å²) in [4.78, 5) is 2.18. The first-order valence-electron chi connectivity index (χ1n) is 7.23. The molecule has 0 N–H and O–H groups in total. The fourth-order valence-electron chi connectivity index (χ4n) is 2.59. The SMILES string of the molecule is N#Cc1c(Cl)nsc1N1CCC(OCc2ccccc2)CC1. The van der Waals surface area contributed by atoms with Crippen molar-refractivity contribution in [3.63, 3.8) is 0 Å². The highest BCUT2D eigenvalue weighted by atomic mass is 35.5. The van der Waals surface area contributed by atoms with Gasteiger partial charge in [0.1, 0.15) is 16.6 Å². The summed E-state index contributed by atoms with van der Waals surface area (Å²) in [5.74, 6) is 0. The van der Waals surface area contributed by atoms with Crippen molar-refractivity contribution in [3.05, 3.63) is 46.6 Å². The van der Waals surface area contributed by atoms with E-state index in [-0.39, 0.29) is 6.10 Å². The van der Waals surface area contributed by atoms with Crippen molar-refractivity contribution < 1.29 is 4.74 Å². The van der Waals surface area contributed by atoms with Crippen LogP contribution in [0, 0.1) is 11.3 Å². The maximum Gasteiger partial charge on any atom is 0.162 e. The molecule has 3 rings (SSSR count). The summed E-state index contributed by atoms with van der Waals surface area (Å²) in [6.07, 6.45) is 2.17. The van der Waals surface area contributed by atoms with Crippen molar-refractivity contribution in [2.75, 3.05) is 18.0 Å². The van der Waals surface area contributed by atoms with Crippen LogP contribution in [0.4, 0.5) is 5.00 Å². The molecule has 1 aliphatic heterocycles. The maximum atomic E-state index is 9.16. The van der Waals surface area contributed by atoms with Crippen LogP contribution in [0.5, 0.6) is 0 Å². The number of aromatic nitrogens is 1. The number of halogens is 1. The molecule has 2 heterocycles. The number of ether oxygens (including phenoxy) is 1. The molecule has 0 atom stereocenters. The van der Waals surface area contributed by atoms with E-state index in [0.717, 1.165) is 30.9 Å². The molecule has 1 saturated heterocycles. The van der Waals surface area contributed by atoms with E-state index in [9.17, 15) is 0 Å². The molecule has 0 aliphatic carbocycles. The van der Waals surface area contributed by atoms with Gasteiger partial charge in [-0.25, -0.2) is 0 Å². The van der Waals surface area contributed by atoms with E-state index in [0.29, 0.717) is 17.3 Å². The van der Waals surface area contributed by atoms with Gasteiger partial charge in [-0.2, -0.15) is 9.64 Å². The molecular weight excluding hydrogens is 318 g/mol. The van der Waals surface area contributed by atoms with Gasteiger partial charge in [-0.15, -0.1) is 0 Å². The summed E-state index contributed by atoms with van der Waals surface area (Å²) in [5, 5.41) is 10.4. The smallest absolute Gasteiger partial charge is 0.162 e. The highest BCUT2D eigenvalue weighted by molar-refractivity contribution is 7.10. The maximum absolute atomic E-state index is 9.16. The minimum Gasteiger partial charge on any atom is -0.373 e. The first kappa shape index (κ1) is 15.3. The summed E-state index contributed by atoms with van der Waals surface area (Å²) < 4.78 is 10.1. The van der Waals surface area contributed by atoms with Gasteiger partial charge in [0.2, 0.25) is 0 Å². The van der Waals surface area contributed by atoms with E-state index < -0.39 is 0 Å². The molecule has 0 amide bonds. The van der Waals surface area contributed by atoms with Gasteiger partial charge in [-0.05, 0) is 29.9 Å². The Balaban J connectivity index is 1.53. The first-order valence-corrected chi connectivity index (χ1v) is 8.39. The number of nitrogens with zero attached hydrogens (tertiary/aromatic N) is 3. The van der Waals surface area contributed by atoms with Crippen molar-refractivity contribution in [3.8, 4) is 6.07 Å². The topological polar surface area (TPSA) is 49.2 Å². The van der Waals surface area contributed by atoms with E-state index in [1.165, 1.54) is 17.1 Å². The highest BCUT2D eigenvalue weighted by Crippen LogP contribution is 2.33. The molecule has 4 nitrogen and oxygen atoms in total. The fourth-order valence-corrected chi connectivity index (χ4v) is 3.67. The minimum atomic E-state index is 0.269. The molecular formula is C16H16ClN3OS. The molecule has 1 aliphatic rings. The molecule has 2 aromatic rings. The average Bonchev–Trinajstić information content (AvgIpc) is 2.95. The van der Waals surface area contributed by atoms with E-state index in [2.05, 4.69) is 27.5 Å². The summed E-state index contributed by atoms with van der Waals surface area (Å²) in [6, 6.07) is 12.4. The lowest BCUT2D eigenvalue weighted by Crippen LogP contribution is -2.36. The predicted octanol–water partition coefficient (Wildman–Crippen LogP) is 3.85. The van der Waals surface area contributed by atoms with Crippen molar-refractivity contribution in [2.24, 2.45) is 0 Å². The quantitative estimate of drug-likeness (QED) is 0.852. The van der Waals surface area contributed by atoms with Gasteiger partial charge in [0.15, 0.2) is 5.15 Å². The van der Waals surface area contributed by atoms with E-state index in [1.54, 1.807) is 0 Å². The van der Waals surface area contributed by atoms with Crippen molar-refractivity contribution in [2.45, 2.75) is 25.6 Å². The Hall–Kier alpha value is -1.61. The van der Waals surface area contributed by atoms with Gasteiger partial charge in [0, 0.05) is 13.1 Å². The first-order chi connectivity index (χ1) is 10.8. The highest BCUT2D eigenvalue weighted by Gasteiger charge is 2.24. The summed E-state index contributed by atoms with van der Waals surface area (Å²) >= 11 is 7.24. The molecule has 114 valence electrons. The second-order valence-corrected chi connectivity index (χ2v) is 6.36. The molecule has 0 bridgehead atoms. The minimum absolute atomic E-state index is 0.269. The second-order valence-electron chi connectivity index (χ2n) is 5.25. The van der Waals surface area contributed by atoms with Gasteiger partial charge in [0.25, 0.3) is 0 Å². The van der Waals surface area contributed by atoms with Crippen LogP contribution in [0.15, 0.2) is 30.3 Å². The molecule has 0 spiro atoms. The number of anilines is 1. The lowest BCUT2D eigenvalue weighted by atomic mass is 10.1. The van der Waals surface area contributed by atoms with Crippen molar-refractivity contribution in [1.29, 1.82) is 5.26 Å². The molecule has 0 unspecified atom stereocenters. The predicted molar refractivity (Wildman–Crippen MR) is 88.3 cm³/mol. The summed E-state index contributed by atoms with van der Waals surface area (Å²) in [6.45, 7) is 2.39. The number of nitriles is 1. The Labute approximate surface area is 139 Å². The second kappa shape index (κ2) is 7.10. The molecule has 1 aromatic heterocycles. The normalized spacial score (nSPS) is 15.7. The van der Waals surface area contributed by atoms with Crippen LogP contribution in [-0.2, 0) is 11.3 Å². The summed E-state index contributed by atoms with van der Waals surface area (Å²) in [5.41, 5.74) is 1.70. The molecule has 0 saturated carbocycles. The Morgan fingerprint density at radius 3 is 2.73 bits per heavy atom. The third kappa shape index (κ3) is 3.41. The lowest BCUT2D eigenvalue weighted by molar-refractivity contribution is 0.0252. The van der Waals surface area contributed by atoms with Gasteiger partial charge in [-0.3, -0.25) is 0 Å². The fraction of sp³-hybridized carbons (Fsp3) is 0.375. The van der Waals surface area contributed by atoms with Gasteiger partial charge >= 0.3 is 0 Å². The van der Waals surface area contributed by atoms with Crippen LogP contribution in [0.25, 0.3) is 0 Å². The molecule has 1 aromatic carbocycles. The zero-order valence-electron chi connectivity index (χ0n) is 12.0. The monoisotopic (exact) mass is 333 g/mol. The Bertz CT molecular complexity index is 660. The van der Waals surface area contributed by atoms with Gasteiger partial charge in [0.05, 0.1) is 12.7 Å². The molecule has 6 heteroatoms. The van der Waals surface area contributed by atoms with E-state index >= 15 is 0 Å². The largest absolute Gasteiger partial charge is 0.373 e. The molecule has 1 fully saturated rings. The Morgan fingerprint density at radius 2 is 2.05 bits per heavy atom. The molecule has 0 radical (unpaired) electrons. The molecule has 22 heavy (non-hydrogen) atoms. The Morgan fingerprint density at radius 1 is 1.32 bits per heavy atom. The van der Waals surface area contributed by atoms with Crippen LogP contribution < -0.4 is 4.90 Å². The van der Waals surface area contributed by atoms with Crippen molar-refractivity contribution in [1.82, 2.24) is 4.37 Å². The number of piperidine rings is 1. The zero-order chi connectivity index (χ0) is 15.4. The van der Waals surface area contributed by atoms with Crippen molar-refractivity contribution >= 4 is 28.1 Å². The third-order valence-electron chi connectivity index (χ3n) is 3.80. The van der Waals surface area contributed by atoms with Crippen LogP contribution in [0.2, 0.25) is 5.15 Å². The zero-order valence-corrected chi connectivity index (χ0v) is 13.6. The van der Waals surface area contributed by atoms with Gasteiger partial charge < -0.3 is 9.64 Å². The van der Waals surface area contributed by atoms with Crippen LogP contribution in [-0.4, -0.2) is 23.6 Å².